The van der Waals surface area contributed by atoms with Gasteiger partial charge in [-0.1, -0.05) is 0 Å². The molecule has 1 aliphatic heterocycles. The average Bonchev–Trinajstić information content (AvgIpc) is 2.27. The van der Waals surface area contributed by atoms with E-state index in [1.54, 1.807) is 0 Å². The second-order valence-electron chi connectivity index (χ2n) is 3.62. The second kappa shape index (κ2) is 3.41. The van der Waals surface area contributed by atoms with Gasteiger partial charge in [-0.3, -0.25) is 0 Å². The molecule has 0 unspecified atom stereocenters. The molecule has 0 aromatic heterocycles. The van der Waals surface area contributed by atoms with Crippen LogP contribution in [0, 0.1) is 0 Å². The third-order valence-electron chi connectivity index (χ3n) is 2.65. The Morgan fingerprint density at radius 1 is 0.933 bits per heavy atom. The minimum absolute atomic E-state index is 0.953. The first kappa shape index (κ1) is 9.03. The van der Waals surface area contributed by atoms with Crippen molar-refractivity contribution in [2.24, 2.45) is 0 Å². The first-order valence-electron chi connectivity index (χ1n) is 4.89. The predicted octanol–water partition coefficient (Wildman–Crippen LogP) is 2.56. The van der Waals surface area contributed by atoms with Gasteiger partial charge in [0.1, 0.15) is 0 Å². The molecule has 0 saturated carbocycles. The van der Waals surface area contributed by atoms with Crippen LogP contribution in [0.2, 0.25) is 0 Å². The fourth-order valence-corrected chi connectivity index (χ4v) is 2.27. The summed E-state index contributed by atoms with van der Waals surface area (Å²) in [7, 11) is 0. The van der Waals surface area contributed by atoms with E-state index >= 15 is 0 Å². The van der Waals surface area contributed by atoms with Gasteiger partial charge in [0.15, 0.2) is 0 Å². The van der Waals surface area contributed by atoms with Gasteiger partial charge < -0.3 is 0 Å². The van der Waals surface area contributed by atoms with Crippen LogP contribution < -0.4 is 9.16 Å². The summed E-state index contributed by atoms with van der Waals surface area (Å²) in [5, 5.41) is 0. The number of hydrogen-bond acceptors (Lipinski definition) is 1. The van der Waals surface area contributed by atoms with Crippen molar-refractivity contribution >= 4 is 4.43 Å². The van der Waals surface area contributed by atoms with Crippen molar-refractivity contribution < 1.29 is 21.0 Å². The van der Waals surface area contributed by atoms with Crippen molar-refractivity contribution in [2.75, 3.05) is 0 Å². The van der Waals surface area contributed by atoms with Crippen molar-refractivity contribution in [3.63, 3.8) is 0 Å². The van der Waals surface area contributed by atoms with Gasteiger partial charge in [-0.2, -0.15) is 0 Å². The normalized spacial score (nSPS) is 12.5. The summed E-state index contributed by atoms with van der Waals surface area (Å²) in [6.07, 6.45) is 0.953. The Labute approximate surface area is 97.1 Å². The quantitative estimate of drug-likeness (QED) is 0.580. The van der Waals surface area contributed by atoms with Crippen LogP contribution >= 0.6 is 0 Å². The van der Waals surface area contributed by atoms with Crippen LogP contribution in [0.4, 0.5) is 0 Å². The van der Waals surface area contributed by atoms with Crippen molar-refractivity contribution in [1.29, 1.82) is 0 Å². The molecule has 0 radical (unpaired) electrons. The van der Waals surface area contributed by atoms with Gasteiger partial charge in [0.05, 0.1) is 0 Å². The van der Waals surface area contributed by atoms with Gasteiger partial charge in [-0.25, -0.2) is 0 Å². The fraction of sp³-hybridized carbons (Fsp3) is 0.0769. The van der Waals surface area contributed by atoms with E-state index in [4.69, 9.17) is 4.74 Å². The van der Waals surface area contributed by atoms with Gasteiger partial charge in [0.2, 0.25) is 0 Å². The Balaban J connectivity index is 2.15. The molecule has 0 bridgehead atoms. The Morgan fingerprint density at radius 2 is 1.73 bits per heavy atom. The monoisotopic (exact) mass is 233 g/mol. The van der Waals surface area contributed by atoms with Crippen LogP contribution in [0.3, 0.4) is 0 Å². The van der Waals surface area contributed by atoms with Crippen LogP contribution in [-0.2, 0) is 22.7 Å². The molecule has 15 heavy (non-hydrogen) atoms. The maximum absolute atomic E-state index is 5.84. The Kier molecular flexibility index (Phi) is 2.06. The molecular formula is C13H9CrO. The Morgan fingerprint density at radius 3 is 2.67 bits per heavy atom. The van der Waals surface area contributed by atoms with E-state index in [1.807, 2.05) is 24.3 Å². The summed E-state index contributed by atoms with van der Waals surface area (Å²) in [6.45, 7) is 0. The van der Waals surface area contributed by atoms with Gasteiger partial charge in [-0.05, 0) is 0 Å². The van der Waals surface area contributed by atoms with E-state index in [-0.39, 0.29) is 0 Å². The molecule has 2 aromatic rings. The van der Waals surface area contributed by atoms with Gasteiger partial charge >= 0.3 is 97.0 Å². The zero-order valence-corrected chi connectivity index (χ0v) is 9.34. The molecule has 3 rings (SSSR count). The van der Waals surface area contributed by atoms with E-state index in [0.29, 0.717) is 0 Å². The van der Waals surface area contributed by atoms with Crippen molar-refractivity contribution in [2.45, 2.75) is 6.42 Å². The van der Waals surface area contributed by atoms with E-state index in [2.05, 4.69) is 34.5 Å². The predicted molar refractivity (Wildman–Crippen MR) is 55.4 cm³/mol. The van der Waals surface area contributed by atoms with Crippen molar-refractivity contribution in [1.82, 2.24) is 0 Å². The summed E-state index contributed by atoms with van der Waals surface area (Å²) in [4.78, 5) is 0. The molecule has 73 valence electrons. The summed E-state index contributed by atoms with van der Waals surface area (Å²) in [6, 6.07) is 14.3. The van der Waals surface area contributed by atoms with E-state index < -0.39 is 0 Å². The molecule has 0 aliphatic carbocycles. The molecule has 2 heteroatoms. The van der Waals surface area contributed by atoms with Crippen molar-refractivity contribution in [3.05, 3.63) is 53.6 Å². The minimum atomic E-state index is 0.953. The average molecular weight is 233 g/mol. The number of fused-ring (bicyclic) bond motifs is 2. The molecule has 1 aliphatic rings. The molecule has 0 saturated heterocycles. The van der Waals surface area contributed by atoms with Crippen LogP contribution in [0.5, 0.6) is 11.5 Å². The van der Waals surface area contributed by atoms with Crippen LogP contribution in [0.1, 0.15) is 11.1 Å². The van der Waals surface area contributed by atoms with Crippen LogP contribution in [0.25, 0.3) is 0 Å². The van der Waals surface area contributed by atoms with E-state index in [0.717, 1.165) is 17.9 Å². The van der Waals surface area contributed by atoms with E-state index in [9.17, 15) is 0 Å². The molecule has 2 aromatic carbocycles. The van der Waals surface area contributed by atoms with Crippen LogP contribution in [-0.4, -0.2) is 0 Å². The Bertz CT molecular complexity index is 520. The number of benzene rings is 2. The molecule has 0 spiro atoms. The number of rotatable bonds is 0. The van der Waals surface area contributed by atoms with Gasteiger partial charge in [-0.15, -0.1) is 0 Å². The van der Waals surface area contributed by atoms with Crippen molar-refractivity contribution in [3.8, 4) is 11.5 Å². The molecule has 1 heterocycles. The topological polar surface area (TPSA) is 9.23 Å². The van der Waals surface area contributed by atoms with Gasteiger partial charge in [0.25, 0.3) is 0 Å². The number of para-hydroxylation sites is 1. The molecule has 0 atom stereocenters. The maximum atomic E-state index is 5.84. The summed E-state index contributed by atoms with van der Waals surface area (Å²) in [5.41, 5.74) is 2.52. The first-order valence-corrected chi connectivity index (χ1v) is 5.53. The van der Waals surface area contributed by atoms with E-state index in [1.165, 1.54) is 15.6 Å². The third-order valence-corrected chi connectivity index (χ3v) is 3.25. The summed E-state index contributed by atoms with van der Waals surface area (Å²) in [5.74, 6) is 1.96. The SMILES string of the molecule is [Cr][c]1cccc2c1Cc1ccccc1O2. The summed E-state index contributed by atoms with van der Waals surface area (Å²) >= 11 is 3.08. The molecule has 1 nitrogen and oxygen atoms in total. The molecule has 0 N–H and O–H groups in total. The van der Waals surface area contributed by atoms with Crippen LogP contribution in [0.15, 0.2) is 42.5 Å². The number of ether oxygens (including phenoxy) is 1. The Hall–Kier alpha value is -1.23. The fourth-order valence-electron chi connectivity index (χ4n) is 1.87. The number of hydrogen-bond donors (Lipinski definition) is 0. The molecule has 0 amide bonds. The standard InChI is InChI=1S/C13H9O.Cr/c1-3-7-12-10(5-1)9-11-6-2-4-8-13(11)14-12;/h1-5,7-8H,9H2;. The zero-order chi connectivity index (χ0) is 10.3. The van der Waals surface area contributed by atoms with Gasteiger partial charge in [0, 0.05) is 0 Å². The third kappa shape index (κ3) is 1.47. The molecular weight excluding hydrogens is 224 g/mol. The second-order valence-corrected chi connectivity index (χ2v) is 4.31. The summed E-state index contributed by atoms with van der Waals surface area (Å²) < 4.78 is 7.02. The molecule has 0 fully saturated rings. The zero-order valence-electron chi connectivity index (χ0n) is 8.07. The first-order chi connectivity index (χ1) is 7.34.